The van der Waals surface area contributed by atoms with E-state index >= 15 is 0 Å². The van der Waals surface area contributed by atoms with E-state index in [0.29, 0.717) is 25.7 Å². The van der Waals surface area contributed by atoms with Crippen molar-refractivity contribution in [3.8, 4) is 0 Å². The highest BCUT2D eigenvalue weighted by atomic mass is 32.1. The lowest BCUT2D eigenvalue weighted by Gasteiger charge is -2.33. The van der Waals surface area contributed by atoms with Gasteiger partial charge in [-0.3, -0.25) is 4.68 Å². The van der Waals surface area contributed by atoms with Crippen LogP contribution in [-0.4, -0.2) is 52.1 Å². The molecule has 0 spiro atoms. The van der Waals surface area contributed by atoms with Crippen molar-refractivity contribution in [1.29, 1.82) is 0 Å². The van der Waals surface area contributed by atoms with Crippen LogP contribution in [0.1, 0.15) is 29.3 Å². The smallest absolute Gasteiger partial charge is 0.0900 e. The molecule has 1 fully saturated rings. The quantitative estimate of drug-likeness (QED) is 0.843. The molecular weight excluding hydrogens is 310 g/mol. The number of piperidine rings is 1. The Kier molecular flexibility index (Phi) is 5.83. The SMILES string of the molecule is Cn1nccc1C1CCN(C[C@H](O)COCc2cccs2)CC1. The maximum atomic E-state index is 10.1. The predicted molar refractivity (Wildman–Crippen MR) is 91.6 cm³/mol. The second-order valence-electron chi connectivity index (χ2n) is 6.20. The van der Waals surface area contributed by atoms with Crippen molar-refractivity contribution in [2.45, 2.75) is 31.5 Å². The second-order valence-corrected chi connectivity index (χ2v) is 7.24. The van der Waals surface area contributed by atoms with Crippen LogP contribution in [0.15, 0.2) is 29.8 Å². The van der Waals surface area contributed by atoms with Crippen LogP contribution in [0.4, 0.5) is 0 Å². The van der Waals surface area contributed by atoms with E-state index in [2.05, 4.69) is 22.1 Å². The van der Waals surface area contributed by atoms with E-state index in [9.17, 15) is 5.11 Å². The molecule has 23 heavy (non-hydrogen) atoms. The molecule has 2 aromatic rings. The number of thiophene rings is 1. The molecule has 5 nitrogen and oxygen atoms in total. The van der Waals surface area contributed by atoms with E-state index in [0.717, 1.165) is 25.9 Å². The molecule has 0 radical (unpaired) electrons. The molecule has 1 aliphatic heterocycles. The minimum atomic E-state index is -0.414. The van der Waals surface area contributed by atoms with Crippen LogP contribution >= 0.6 is 11.3 Å². The van der Waals surface area contributed by atoms with Gasteiger partial charge in [0.05, 0.1) is 19.3 Å². The molecule has 126 valence electrons. The largest absolute Gasteiger partial charge is 0.389 e. The maximum Gasteiger partial charge on any atom is 0.0900 e. The molecule has 1 N–H and O–H groups in total. The van der Waals surface area contributed by atoms with Gasteiger partial charge in [0.2, 0.25) is 0 Å². The molecule has 0 amide bonds. The van der Waals surface area contributed by atoms with Gasteiger partial charge in [0.15, 0.2) is 0 Å². The van der Waals surface area contributed by atoms with E-state index in [1.807, 2.05) is 29.4 Å². The number of nitrogens with zero attached hydrogens (tertiary/aromatic N) is 3. The number of aromatic nitrogens is 2. The monoisotopic (exact) mass is 335 g/mol. The first-order chi connectivity index (χ1) is 11.2. The third-order valence-corrected chi connectivity index (χ3v) is 5.32. The Bertz CT molecular complexity index is 576. The minimum absolute atomic E-state index is 0.402. The van der Waals surface area contributed by atoms with Crippen LogP contribution in [0.5, 0.6) is 0 Å². The summed E-state index contributed by atoms with van der Waals surface area (Å²) in [6.07, 6.45) is 3.71. The van der Waals surface area contributed by atoms with Crippen molar-refractivity contribution in [2.75, 3.05) is 26.2 Å². The summed E-state index contributed by atoms with van der Waals surface area (Å²) in [7, 11) is 2.01. The molecule has 3 rings (SSSR count). The van der Waals surface area contributed by atoms with E-state index < -0.39 is 6.10 Å². The lowest BCUT2D eigenvalue weighted by molar-refractivity contribution is 0.00683. The molecule has 0 unspecified atom stereocenters. The molecule has 0 aromatic carbocycles. The molecule has 2 aromatic heterocycles. The Morgan fingerprint density at radius 1 is 1.39 bits per heavy atom. The van der Waals surface area contributed by atoms with Gasteiger partial charge < -0.3 is 14.7 Å². The minimum Gasteiger partial charge on any atom is -0.389 e. The van der Waals surface area contributed by atoms with Gasteiger partial charge in [0.1, 0.15) is 0 Å². The normalized spacial score (nSPS) is 18.3. The molecule has 1 aliphatic rings. The number of β-amino-alcohol motifs (C(OH)–C–C–N with tert-alkyl or cyclic N) is 1. The summed E-state index contributed by atoms with van der Waals surface area (Å²) < 4.78 is 7.58. The maximum absolute atomic E-state index is 10.1. The first kappa shape index (κ1) is 16.6. The van der Waals surface area contributed by atoms with E-state index in [1.165, 1.54) is 10.6 Å². The molecule has 3 heterocycles. The van der Waals surface area contributed by atoms with Crippen LogP contribution < -0.4 is 0 Å². The summed E-state index contributed by atoms with van der Waals surface area (Å²) in [5.41, 5.74) is 1.32. The Hall–Kier alpha value is -1.21. The molecular formula is C17H25N3O2S. The summed E-state index contributed by atoms with van der Waals surface area (Å²) in [6, 6.07) is 6.19. The highest BCUT2D eigenvalue weighted by Gasteiger charge is 2.23. The highest BCUT2D eigenvalue weighted by Crippen LogP contribution is 2.27. The second kappa shape index (κ2) is 8.06. The standard InChI is InChI=1S/C17H25N3O2S/c1-19-17(4-7-18-19)14-5-8-20(9-6-14)11-15(21)12-22-13-16-3-2-10-23-16/h2-4,7,10,14-15,21H,5-6,8-9,11-13H2,1H3/t15-/m0/s1. The summed E-state index contributed by atoms with van der Waals surface area (Å²) in [5.74, 6) is 0.589. The third-order valence-electron chi connectivity index (χ3n) is 4.47. The first-order valence-electron chi connectivity index (χ1n) is 8.21. The fourth-order valence-electron chi connectivity index (χ4n) is 3.24. The zero-order chi connectivity index (χ0) is 16.1. The van der Waals surface area contributed by atoms with Crippen molar-refractivity contribution in [3.63, 3.8) is 0 Å². The number of aliphatic hydroxyl groups excluding tert-OH is 1. The summed E-state index contributed by atoms with van der Waals surface area (Å²) in [4.78, 5) is 3.54. The van der Waals surface area contributed by atoms with Crippen LogP contribution in [-0.2, 0) is 18.4 Å². The van der Waals surface area contributed by atoms with Crippen molar-refractivity contribution in [1.82, 2.24) is 14.7 Å². The molecule has 1 saturated heterocycles. The Balaban J connectivity index is 1.36. The Morgan fingerprint density at radius 3 is 2.87 bits per heavy atom. The summed E-state index contributed by atoms with van der Waals surface area (Å²) in [6.45, 7) is 3.75. The fraction of sp³-hybridized carbons (Fsp3) is 0.588. The van der Waals surface area contributed by atoms with Gasteiger partial charge in [0, 0.05) is 36.3 Å². The number of likely N-dealkylation sites (tertiary alicyclic amines) is 1. The number of aryl methyl sites for hydroxylation is 1. The van der Waals surface area contributed by atoms with Gasteiger partial charge in [0.25, 0.3) is 0 Å². The average Bonchev–Trinajstić information content (AvgIpc) is 3.20. The van der Waals surface area contributed by atoms with Crippen molar-refractivity contribution in [3.05, 3.63) is 40.3 Å². The number of rotatable bonds is 7. The predicted octanol–water partition coefficient (Wildman–Crippen LogP) is 2.24. The molecule has 0 saturated carbocycles. The molecule has 0 bridgehead atoms. The zero-order valence-corrected chi connectivity index (χ0v) is 14.4. The summed E-state index contributed by atoms with van der Waals surface area (Å²) >= 11 is 1.69. The summed E-state index contributed by atoms with van der Waals surface area (Å²) in [5, 5.41) is 16.5. The topological polar surface area (TPSA) is 50.5 Å². The highest BCUT2D eigenvalue weighted by molar-refractivity contribution is 7.09. The van der Waals surface area contributed by atoms with E-state index in [1.54, 1.807) is 11.3 Å². The molecule has 1 atom stereocenters. The van der Waals surface area contributed by atoms with Crippen LogP contribution in [0, 0.1) is 0 Å². The van der Waals surface area contributed by atoms with E-state index in [4.69, 9.17) is 4.74 Å². The number of hydrogen-bond donors (Lipinski definition) is 1. The Labute approximate surface area is 141 Å². The lowest BCUT2D eigenvalue weighted by Crippen LogP contribution is -2.40. The average molecular weight is 335 g/mol. The van der Waals surface area contributed by atoms with Crippen LogP contribution in [0.25, 0.3) is 0 Å². The van der Waals surface area contributed by atoms with Gasteiger partial charge in [-0.15, -0.1) is 11.3 Å². The zero-order valence-electron chi connectivity index (χ0n) is 13.6. The first-order valence-corrected chi connectivity index (χ1v) is 9.09. The van der Waals surface area contributed by atoms with E-state index in [-0.39, 0.29) is 0 Å². The molecule has 0 aliphatic carbocycles. The number of ether oxygens (including phenoxy) is 1. The molecule has 6 heteroatoms. The van der Waals surface area contributed by atoms with Crippen molar-refractivity contribution in [2.24, 2.45) is 7.05 Å². The van der Waals surface area contributed by atoms with Crippen molar-refractivity contribution < 1.29 is 9.84 Å². The number of aliphatic hydroxyl groups is 1. The van der Waals surface area contributed by atoms with Crippen LogP contribution in [0.2, 0.25) is 0 Å². The van der Waals surface area contributed by atoms with Gasteiger partial charge >= 0.3 is 0 Å². The van der Waals surface area contributed by atoms with Gasteiger partial charge in [-0.25, -0.2) is 0 Å². The fourth-order valence-corrected chi connectivity index (χ4v) is 3.88. The number of hydrogen-bond acceptors (Lipinski definition) is 5. The lowest BCUT2D eigenvalue weighted by atomic mass is 9.93. The van der Waals surface area contributed by atoms with Crippen LogP contribution in [0.3, 0.4) is 0 Å². The Morgan fingerprint density at radius 2 is 2.22 bits per heavy atom. The van der Waals surface area contributed by atoms with Gasteiger partial charge in [-0.05, 0) is 43.4 Å². The third kappa shape index (κ3) is 4.64. The van der Waals surface area contributed by atoms with Crippen molar-refractivity contribution >= 4 is 11.3 Å². The van der Waals surface area contributed by atoms with Gasteiger partial charge in [-0.1, -0.05) is 6.07 Å². The van der Waals surface area contributed by atoms with Gasteiger partial charge in [-0.2, -0.15) is 5.10 Å².